The number of aliphatic imine (C=N–C) groups is 1. The fourth-order valence-corrected chi connectivity index (χ4v) is 5.72. The number of amides is 1. The first-order chi connectivity index (χ1) is 20.2. The summed E-state index contributed by atoms with van der Waals surface area (Å²) >= 11 is 20.4. The molecule has 42 heavy (non-hydrogen) atoms. The summed E-state index contributed by atoms with van der Waals surface area (Å²) in [5.41, 5.74) is 4.79. The lowest BCUT2D eigenvalue weighted by atomic mass is 10.1. The molecule has 0 atom stereocenters. The third-order valence-corrected chi connectivity index (χ3v) is 8.66. The van der Waals surface area contributed by atoms with Crippen LogP contribution in [0.5, 0.6) is 11.5 Å². The number of carbonyl (C=O) groups excluding carboxylic acids is 1. The Kier molecular flexibility index (Phi) is 9.49. The third-order valence-electron chi connectivity index (χ3n) is 6.51. The van der Waals surface area contributed by atoms with E-state index in [1.807, 2.05) is 93.6 Å². The maximum atomic E-state index is 13.8. The number of benzene rings is 4. The Morgan fingerprint density at radius 1 is 0.833 bits per heavy atom. The lowest BCUT2D eigenvalue weighted by Crippen LogP contribution is -2.28. The van der Waals surface area contributed by atoms with Gasteiger partial charge in [-0.3, -0.25) is 9.69 Å². The van der Waals surface area contributed by atoms with Gasteiger partial charge in [-0.1, -0.05) is 71.2 Å². The van der Waals surface area contributed by atoms with E-state index in [1.165, 1.54) is 11.8 Å². The van der Waals surface area contributed by atoms with Crippen LogP contribution in [0.4, 0.5) is 11.4 Å². The third kappa shape index (κ3) is 6.79. The Hall–Kier alpha value is -3.42. The minimum absolute atomic E-state index is 0.214. The summed E-state index contributed by atoms with van der Waals surface area (Å²) in [5, 5.41) is 2.30. The van der Waals surface area contributed by atoms with Gasteiger partial charge in [0.1, 0.15) is 6.61 Å². The van der Waals surface area contributed by atoms with E-state index in [4.69, 9.17) is 49.3 Å². The van der Waals surface area contributed by atoms with Gasteiger partial charge in [-0.05, 0) is 97.8 Å². The molecule has 1 heterocycles. The number of carbonyl (C=O) groups is 1. The van der Waals surface area contributed by atoms with Gasteiger partial charge in [0.2, 0.25) is 0 Å². The zero-order valence-electron chi connectivity index (χ0n) is 23.2. The quantitative estimate of drug-likeness (QED) is 0.180. The largest absolute Gasteiger partial charge is 0.490 e. The van der Waals surface area contributed by atoms with Crippen molar-refractivity contribution < 1.29 is 14.3 Å². The Morgan fingerprint density at radius 3 is 2.29 bits per heavy atom. The number of thioether (sulfide) groups is 1. The summed E-state index contributed by atoms with van der Waals surface area (Å²) in [6.07, 6.45) is 1.82. The molecule has 4 aromatic rings. The minimum Gasteiger partial charge on any atom is -0.490 e. The van der Waals surface area contributed by atoms with Gasteiger partial charge in [-0.15, -0.1) is 0 Å². The molecule has 1 aliphatic heterocycles. The second kappa shape index (κ2) is 13.3. The SMILES string of the molecule is CCOc1cc(/C=C2/SC(=Nc3ccc(C)c(Cl)c3)N(c3ccc(C)c(Cl)c3)C2=O)ccc1OCc1ccccc1Cl. The fraction of sp³-hybridized carbons (Fsp3) is 0.152. The zero-order valence-corrected chi connectivity index (χ0v) is 26.2. The van der Waals surface area contributed by atoms with Crippen molar-refractivity contribution in [2.45, 2.75) is 27.4 Å². The van der Waals surface area contributed by atoms with Crippen molar-refractivity contribution in [3.05, 3.63) is 121 Å². The van der Waals surface area contributed by atoms with Crippen LogP contribution in [-0.4, -0.2) is 17.7 Å². The summed E-state index contributed by atoms with van der Waals surface area (Å²) < 4.78 is 11.9. The molecule has 5 nitrogen and oxygen atoms in total. The van der Waals surface area contributed by atoms with E-state index in [0.717, 1.165) is 22.3 Å². The summed E-state index contributed by atoms with van der Waals surface area (Å²) in [6.45, 7) is 6.50. The molecule has 0 N–H and O–H groups in total. The van der Waals surface area contributed by atoms with Crippen LogP contribution in [-0.2, 0) is 11.4 Å². The van der Waals surface area contributed by atoms with E-state index in [0.29, 0.717) is 61.2 Å². The number of amidine groups is 1. The molecule has 4 aromatic carbocycles. The molecular weight excluding hydrogens is 611 g/mol. The summed E-state index contributed by atoms with van der Waals surface area (Å²) in [7, 11) is 0. The smallest absolute Gasteiger partial charge is 0.271 e. The molecule has 0 unspecified atom stereocenters. The number of aryl methyl sites for hydroxylation is 2. The molecule has 214 valence electrons. The van der Waals surface area contributed by atoms with E-state index >= 15 is 0 Å². The number of hydrogen-bond acceptors (Lipinski definition) is 5. The van der Waals surface area contributed by atoms with Crippen LogP contribution in [0.3, 0.4) is 0 Å². The molecule has 0 saturated carbocycles. The van der Waals surface area contributed by atoms with Crippen LogP contribution < -0.4 is 14.4 Å². The first-order valence-electron chi connectivity index (χ1n) is 13.2. The Labute approximate surface area is 264 Å². The Morgan fingerprint density at radius 2 is 1.57 bits per heavy atom. The van der Waals surface area contributed by atoms with E-state index in [-0.39, 0.29) is 5.91 Å². The van der Waals surface area contributed by atoms with Gasteiger partial charge in [-0.2, -0.15) is 0 Å². The van der Waals surface area contributed by atoms with Gasteiger partial charge in [0.05, 0.1) is 22.9 Å². The van der Waals surface area contributed by atoms with Crippen LogP contribution >= 0.6 is 46.6 Å². The molecule has 0 bridgehead atoms. The highest BCUT2D eigenvalue weighted by Gasteiger charge is 2.35. The summed E-state index contributed by atoms with van der Waals surface area (Å²) in [5.74, 6) is 0.937. The number of halogens is 3. The molecule has 1 fully saturated rings. The fourth-order valence-electron chi connectivity index (χ4n) is 4.18. The van der Waals surface area contributed by atoms with E-state index in [1.54, 1.807) is 17.0 Å². The van der Waals surface area contributed by atoms with Crippen molar-refractivity contribution in [2.75, 3.05) is 11.5 Å². The number of ether oxygens (including phenoxy) is 2. The summed E-state index contributed by atoms with van der Waals surface area (Å²) in [4.78, 5) is 20.7. The van der Waals surface area contributed by atoms with Gasteiger partial charge < -0.3 is 9.47 Å². The lowest BCUT2D eigenvalue weighted by Gasteiger charge is -2.16. The standard InChI is InChI=1S/C33H27Cl3N2O3S/c1-4-40-30-15-22(11-14-29(30)41-19-23-7-5-6-8-26(23)34)16-31-32(39)38(25-13-10-21(3)28(36)18-25)33(42-31)37-24-12-9-20(2)27(35)17-24/h5-18H,4,19H2,1-3H3/b31-16+,37-33?. The molecule has 1 saturated heterocycles. The van der Waals surface area contributed by atoms with Crippen LogP contribution in [0, 0.1) is 13.8 Å². The van der Waals surface area contributed by atoms with E-state index in [2.05, 4.69) is 0 Å². The van der Waals surface area contributed by atoms with Crippen molar-refractivity contribution in [3.8, 4) is 11.5 Å². The molecular formula is C33H27Cl3N2O3S. The van der Waals surface area contributed by atoms with Crippen molar-refractivity contribution in [2.24, 2.45) is 4.99 Å². The van der Waals surface area contributed by atoms with Gasteiger partial charge in [0.15, 0.2) is 16.7 Å². The van der Waals surface area contributed by atoms with Crippen molar-refractivity contribution >= 4 is 75.1 Å². The maximum absolute atomic E-state index is 13.8. The Bertz CT molecular complexity index is 1720. The molecule has 0 radical (unpaired) electrons. The molecule has 0 spiro atoms. The van der Waals surface area contributed by atoms with E-state index in [9.17, 15) is 4.79 Å². The van der Waals surface area contributed by atoms with Gasteiger partial charge in [0.25, 0.3) is 5.91 Å². The Balaban J connectivity index is 1.48. The molecule has 0 aliphatic carbocycles. The van der Waals surface area contributed by atoms with Crippen LogP contribution in [0.25, 0.3) is 6.08 Å². The highest BCUT2D eigenvalue weighted by molar-refractivity contribution is 8.19. The minimum atomic E-state index is -0.214. The van der Waals surface area contributed by atoms with Crippen LogP contribution in [0.2, 0.25) is 15.1 Å². The second-order valence-electron chi connectivity index (χ2n) is 9.53. The lowest BCUT2D eigenvalue weighted by molar-refractivity contribution is -0.113. The molecule has 5 rings (SSSR count). The van der Waals surface area contributed by atoms with Gasteiger partial charge >= 0.3 is 0 Å². The second-order valence-corrected chi connectivity index (χ2v) is 11.8. The van der Waals surface area contributed by atoms with Crippen molar-refractivity contribution in [1.29, 1.82) is 0 Å². The van der Waals surface area contributed by atoms with Gasteiger partial charge in [-0.25, -0.2) is 4.99 Å². The van der Waals surface area contributed by atoms with Crippen molar-refractivity contribution in [3.63, 3.8) is 0 Å². The molecule has 1 aliphatic rings. The molecule has 0 aromatic heterocycles. The van der Waals surface area contributed by atoms with Crippen LogP contribution in [0.1, 0.15) is 29.2 Å². The predicted molar refractivity (Wildman–Crippen MR) is 176 cm³/mol. The predicted octanol–water partition coefficient (Wildman–Crippen LogP) is 10.0. The monoisotopic (exact) mass is 636 g/mol. The van der Waals surface area contributed by atoms with E-state index < -0.39 is 0 Å². The average Bonchev–Trinajstić information content (AvgIpc) is 3.26. The topological polar surface area (TPSA) is 51.1 Å². The summed E-state index contributed by atoms with van der Waals surface area (Å²) in [6, 6.07) is 24.2. The molecule has 9 heteroatoms. The number of rotatable bonds is 8. The van der Waals surface area contributed by atoms with Crippen LogP contribution in [0.15, 0.2) is 88.8 Å². The maximum Gasteiger partial charge on any atom is 0.271 e. The number of anilines is 1. The highest BCUT2D eigenvalue weighted by atomic mass is 35.5. The van der Waals surface area contributed by atoms with Crippen molar-refractivity contribution in [1.82, 2.24) is 0 Å². The molecule has 1 amide bonds. The zero-order chi connectivity index (χ0) is 29.8. The average molecular weight is 638 g/mol. The number of nitrogens with zero attached hydrogens (tertiary/aromatic N) is 2. The van der Waals surface area contributed by atoms with Gasteiger partial charge in [0, 0.05) is 20.6 Å². The number of hydrogen-bond donors (Lipinski definition) is 0. The first-order valence-corrected chi connectivity index (χ1v) is 15.2. The normalized spacial score (nSPS) is 15.1. The highest BCUT2D eigenvalue weighted by Crippen LogP contribution is 2.40. The first kappa shape index (κ1) is 30.1.